The van der Waals surface area contributed by atoms with E-state index in [9.17, 15) is 0 Å². The SMILES string of the molecule is COc1ccccc1-c1nc2c([nH]1)Cc1cccc(OC)c1O2. The lowest BCUT2D eigenvalue weighted by Crippen LogP contribution is -2.04. The van der Waals surface area contributed by atoms with Gasteiger partial charge in [-0.1, -0.05) is 24.3 Å². The number of aromatic amines is 1. The second kappa shape index (κ2) is 5.35. The lowest BCUT2D eigenvalue weighted by Gasteiger charge is -2.17. The molecule has 2 aromatic carbocycles. The minimum Gasteiger partial charge on any atom is -0.496 e. The van der Waals surface area contributed by atoms with E-state index < -0.39 is 0 Å². The van der Waals surface area contributed by atoms with Gasteiger partial charge in [-0.05, 0) is 18.2 Å². The maximum absolute atomic E-state index is 5.97. The third-order valence-electron chi connectivity index (χ3n) is 3.95. The Balaban J connectivity index is 1.77. The van der Waals surface area contributed by atoms with Crippen LogP contribution in [0.2, 0.25) is 0 Å². The van der Waals surface area contributed by atoms with E-state index in [-0.39, 0.29) is 0 Å². The Morgan fingerprint density at radius 2 is 1.78 bits per heavy atom. The van der Waals surface area contributed by atoms with Gasteiger partial charge in [0.1, 0.15) is 11.6 Å². The standard InChI is InChI=1S/C18H16N2O3/c1-21-14-8-4-3-7-12(14)17-19-13-10-11-6-5-9-15(22-2)16(11)23-18(13)20-17/h3-9H,10H2,1-2H3,(H,19,20). The summed E-state index contributed by atoms with van der Waals surface area (Å²) in [6, 6.07) is 13.7. The third-order valence-corrected chi connectivity index (χ3v) is 3.95. The average molecular weight is 308 g/mol. The van der Waals surface area contributed by atoms with Gasteiger partial charge in [-0.2, -0.15) is 4.98 Å². The van der Waals surface area contributed by atoms with Gasteiger partial charge in [-0.3, -0.25) is 0 Å². The Hall–Kier alpha value is -2.95. The number of nitrogens with one attached hydrogen (secondary N) is 1. The molecule has 0 aliphatic carbocycles. The van der Waals surface area contributed by atoms with Crippen LogP contribution in [0.5, 0.6) is 23.1 Å². The highest BCUT2D eigenvalue weighted by atomic mass is 16.5. The Morgan fingerprint density at radius 1 is 1.00 bits per heavy atom. The van der Waals surface area contributed by atoms with E-state index in [4.69, 9.17) is 14.2 Å². The summed E-state index contributed by atoms with van der Waals surface area (Å²) in [5.74, 6) is 3.55. The van der Waals surface area contributed by atoms with Gasteiger partial charge in [0.25, 0.3) is 0 Å². The highest BCUT2D eigenvalue weighted by Gasteiger charge is 2.24. The maximum atomic E-state index is 5.97. The second-order valence-corrected chi connectivity index (χ2v) is 5.30. The zero-order valence-corrected chi connectivity index (χ0v) is 12.9. The molecule has 23 heavy (non-hydrogen) atoms. The van der Waals surface area contributed by atoms with E-state index >= 15 is 0 Å². The van der Waals surface area contributed by atoms with Crippen molar-refractivity contribution in [1.29, 1.82) is 0 Å². The predicted molar refractivity (Wildman–Crippen MR) is 86.4 cm³/mol. The molecule has 116 valence electrons. The maximum Gasteiger partial charge on any atom is 0.241 e. The summed E-state index contributed by atoms with van der Waals surface area (Å²) < 4.78 is 16.7. The second-order valence-electron chi connectivity index (χ2n) is 5.30. The van der Waals surface area contributed by atoms with E-state index in [1.54, 1.807) is 14.2 Å². The van der Waals surface area contributed by atoms with Crippen molar-refractivity contribution in [3.63, 3.8) is 0 Å². The number of H-pyrrole nitrogens is 1. The fraction of sp³-hybridized carbons (Fsp3) is 0.167. The number of fused-ring (bicyclic) bond motifs is 2. The van der Waals surface area contributed by atoms with Crippen LogP contribution in [0.1, 0.15) is 11.3 Å². The number of aromatic nitrogens is 2. The molecular formula is C18H16N2O3. The first-order valence-corrected chi connectivity index (χ1v) is 7.36. The van der Waals surface area contributed by atoms with Crippen molar-refractivity contribution in [2.75, 3.05) is 14.2 Å². The first kappa shape index (κ1) is 13.7. The van der Waals surface area contributed by atoms with Crippen molar-refractivity contribution < 1.29 is 14.2 Å². The van der Waals surface area contributed by atoms with Crippen LogP contribution in [-0.2, 0) is 6.42 Å². The molecule has 1 aliphatic heterocycles. The topological polar surface area (TPSA) is 56.4 Å². The predicted octanol–water partition coefficient (Wildman–Crippen LogP) is 3.79. The van der Waals surface area contributed by atoms with Crippen LogP contribution in [0.3, 0.4) is 0 Å². The number of imidazole rings is 1. The van der Waals surface area contributed by atoms with Gasteiger partial charge < -0.3 is 19.2 Å². The molecule has 1 N–H and O–H groups in total. The number of hydrogen-bond donors (Lipinski definition) is 1. The largest absolute Gasteiger partial charge is 0.496 e. The minimum absolute atomic E-state index is 0.586. The molecule has 0 spiro atoms. The molecule has 0 fully saturated rings. The van der Waals surface area contributed by atoms with E-state index in [1.165, 1.54) is 0 Å². The lowest BCUT2D eigenvalue weighted by atomic mass is 10.1. The summed E-state index contributed by atoms with van der Waals surface area (Å²) in [5, 5.41) is 0. The van der Waals surface area contributed by atoms with Gasteiger partial charge in [-0.25, -0.2) is 0 Å². The van der Waals surface area contributed by atoms with Crippen molar-refractivity contribution >= 4 is 0 Å². The quantitative estimate of drug-likeness (QED) is 0.625. The molecule has 0 radical (unpaired) electrons. The van der Waals surface area contributed by atoms with E-state index in [2.05, 4.69) is 9.97 Å². The molecule has 1 aliphatic rings. The summed E-state index contributed by atoms with van der Waals surface area (Å²) in [6.45, 7) is 0. The molecule has 3 aromatic rings. The molecule has 0 saturated carbocycles. The van der Waals surface area contributed by atoms with Crippen LogP contribution < -0.4 is 14.2 Å². The van der Waals surface area contributed by atoms with Crippen LogP contribution in [-0.4, -0.2) is 24.2 Å². The van der Waals surface area contributed by atoms with Gasteiger partial charge in [0, 0.05) is 12.0 Å². The minimum atomic E-state index is 0.586. The number of para-hydroxylation sites is 2. The monoisotopic (exact) mass is 308 g/mol. The highest BCUT2D eigenvalue weighted by molar-refractivity contribution is 5.66. The highest BCUT2D eigenvalue weighted by Crippen LogP contribution is 2.42. The van der Waals surface area contributed by atoms with Crippen LogP contribution in [0.4, 0.5) is 0 Å². The molecule has 2 heterocycles. The van der Waals surface area contributed by atoms with E-state index in [0.717, 1.165) is 46.3 Å². The van der Waals surface area contributed by atoms with Gasteiger partial charge in [0.2, 0.25) is 5.88 Å². The molecule has 0 amide bonds. The van der Waals surface area contributed by atoms with E-state index in [1.807, 2.05) is 42.5 Å². The van der Waals surface area contributed by atoms with Crippen molar-refractivity contribution in [2.24, 2.45) is 0 Å². The van der Waals surface area contributed by atoms with Crippen LogP contribution >= 0.6 is 0 Å². The Bertz CT molecular complexity index is 870. The Kier molecular flexibility index (Phi) is 3.19. The summed E-state index contributed by atoms with van der Waals surface area (Å²) in [5.41, 5.74) is 2.93. The summed E-state index contributed by atoms with van der Waals surface area (Å²) in [7, 11) is 3.29. The first-order valence-electron chi connectivity index (χ1n) is 7.36. The fourth-order valence-corrected chi connectivity index (χ4v) is 2.83. The van der Waals surface area contributed by atoms with Crippen molar-refractivity contribution in [3.8, 4) is 34.5 Å². The van der Waals surface area contributed by atoms with Crippen molar-refractivity contribution in [3.05, 3.63) is 53.7 Å². The molecule has 5 nitrogen and oxygen atoms in total. The number of nitrogens with zero attached hydrogens (tertiary/aromatic N) is 1. The number of methoxy groups -OCH3 is 2. The van der Waals surface area contributed by atoms with Gasteiger partial charge >= 0.3 is 0 Å². The zero-order chi connectivity index (χ0) is 15.8. The number of ether oxygens (including phenoxy) is 3. The van der Waals surface area contributed by atoms with Gasteiger partial charge in [0.05, 0.1) is 25.5 Å². The summed E-state index contributed by atoms with van der Waals surface area (Å²) >= 11 is 0. The summed E-state index contributed by atoms with van der Waals surface area (Å²) in [4.78, 5) is 7.94. The number of benzene rings is 2. The molecule has 0 unspecified atom stereocenters. The van der Waals surface area contributed by atoms with Gasteiger partial charge in [-0.15, -0.1) is 0 Å². The summed E-state index contributed by atoms with van der Waals surface area (Å²) in [6.07, 6.45) is 0.726. The van der Waals surface area contributed by atoms with Crippen LogP contribution in [0.15, 0.2) is 42.5 Å². The van der Waals surface area contributed by atoms with Crippen molar-refractivity contribution in [1.82, 2.24) is 9.97 Å². The third kappa shape index (κ3) is 2.21. The van der Waals surface area contributed by atoms with Gasteiger partial charge in [0.15, 0.2) is 11.5 Å². The number of hydrogen-bond acceptors (Lipinski definition) is 4. The van der Waals surface area contributed by atoms with Crippen molar-refractivity contribution in [2.45, 2.75) is 6.42 Å². The van der Waals surface area contributed by atoms with E-state index in [0.29, 0.717) is 5.88 Å². The Labute approximate surface area is 133 Å². The molecule has 0 saturated heterocycles. The fourth-order valence-electron chi connectivity index (χ4n) is 2.83. The lowest BCUT2D eigenvalue weighted by molar-refractivity contribution is 0.366. The zero-order valence-electron chi connectivity index (χ0n) is 12.9. The molecule has 1 aromatic heterocycles. The molecule has 0 bridgehead atoms. The number of rotatable bonds is 3. The Morgan fingerprint density at radius 3 is 2.61 bits per heavy atom. The molecule has 0 atom stereocenters. The smallest absolute Gasteiger partial charge is 0.241 e. The molecular weight excluding hydrogens is 292 g/mol. The molecule has 4 rings (SSSR count). The average Bonchev–Trinajstić information content (AvgIpc) is 3.01. The van der Waals surface area contributed by atoms with Crippen LogP contribution in [0, 0.1) is 0 Å². The first-order chi connectivity index (χ1) is 11.3. The van der Waals surface area contributed by atoms with Crippen LogP contribution in [0.25, 0.3) is 11.4 Å². The normalized spacial score (nSPS) is 12.1. The molecule has 5 heteroatoms.